The number of hydrogen-bond donors (Lipinski definition) is 3. The summed E-state index contributed by atoms with van der Waals surface area (Å²) in [5.41, 5.74) is 0.146. The van der Waals surface area contributed by atoms with E-state index in [1.165, 1.54) is 6.26 Å². The van der Waals surface area contributed by atoms with Gasteiger partial charge in [-0.15, -0.1) is 0 Å². The SMILES string of the molecule is Cc1c(Br)cc2c(C(C(=O)Nc3ccc4ccccc4c3)P(=O)(O)O)coc2c1Br. The summed E-state index contributed by atoms with van der Waals surface area (Å²) in [6, 6.07) is 14.6. The first-order chi connectivity index (χ1) is 14.2. The quantitative estimate of drug-likeness (QED) is 0.259. The number of amides is 1. The Bertz CT molecular complexity index is 1340. The lowest BCUT2D eigenvalue weighted by molar-refractivity contribution is -0.116. The molecule has 0 saturated heterocycles. The molecule has 0 fully saturated rings. The maximum atomic E-state index is 13.0. The van der Waals surface area contributed by atoms with Crippen LogP contribution in [0.2, 0.25) is 0 Å². The van der Waals surface area contributed by atoms with Gasteiger partial charge >= 0.3 is 7.60 Å². The lowest BCUT2D eigenvalue weighted by Crippen LogP contribution is -2.21. The van der Waals surface area contributed by atoms with Crippen molar-refractivity contribution in [1.29, 1.82) is 0 Å². The largest absolute Gasteiger partial charge is 0.463 e. The van der Waals surface area contributed by atoms with Gasteiger partial charge in [0.1, 0.15) is 5.58 Å². The molecule has 0 bridgehead atoms. The number of rotatable bonds is 4. The van der Waals surface area contributed by atoms with Gasteiger partial charge in [-0.3, -0.25) is 9.36 Å². The van der Waals surface area contributed by atoms with Gasteiger partial charge in [-0.25, -0.2) is 0 Å². The number of fused-ring (bicyclic) bond motifs is 2. The molecule has 4 aromatic rings. The standard InChI is InChI=1S/C21H16Br2NO5P/c1-11-17(22)9-15-16(10-29-19(15)18(11)23)20(30(26,27)28)21(25)24-14-7-6-12-4-2-3-5-13(12)8-14/h2-10,20H,1H3,(H,24,25)(H2,26,27,28). The third-order valence-electron chi connectivity index (χ3n) is 4.91. The molecule has 154 valence electrons. The molecule has 1 atom stereocenters. The Balaban J connectivity index is 1.77. The molecule has 0 spiro atoms. The van der Waals surface area contributed by atoms with E-state index in [2.05, 4.69) is 37.2 Å². The molecule has 9 heteroatoms. The molecule has 1 amide bonds. The first-order valence-electron chi connectivity index (χ1n) is 8.87. The van der Waals surface area contributed by atoms with Gasteiger partial charge in [-0.1, -0.05) is 46.3 Å². The van der Waals surface area contributed by atoms with Crippen LogP contribution < -0.4 is 5.32 Å². The van der Waals surface area contributed by atoms with E-state index in [4.69, 9.17) is 4.42 Å². The van der Waals surface area contributed by atoms with E-state index < -0.39 is 19.2 Å². The summed E-state index contributed by atoms with van der Waals surface area (Å²) in [6.07, 6.45) is 1.23. The Morgan fingerprint density at radius 2 is 1.80 bits per heavy atom. The number of carbonyl (C=O) groups is 1. The number of furan rings is 1. The highest BCUT2D eigenvalue weighted by molar-refractivity contribution is 9.11. The molecular weight excluding hydrogens is 537 g/mol. The van der Waals surface area contributed by atoms with Gasteiger partial charge in [0.05, 0.1) is 10.7 Å². The normalized spacial score (nSPS) is 13.0. The van der Waals surface area contributed by atoms with E-state index in [0.29, 0.717) is 21.1 Å². The zero-order valence-corrected chi connectivity index (χ0v) is 19.7. The number of nitrogens with one attached hydrogen (secondary N) is 1. The van der Waals surface area contributed by atoms with E-state index in [1.807, 2.05) is 37.3 Å². The minimum absolute atomic E-state index is 0.123. The molecule has 6 nitrogen and oxygen atoms in total. The third kappa shape index (κ3) is 3.86. The molecule has 0 saturated carbocycles. The second kappa shape index (κ2) is 7.94. The average molecular weight is 553 g/mol. The van der Waals surface area contributed by atoms with E-state index >= 15 is 0 Å². The molecule has 0 aliphatic heterocycles. The van der Waals surface area contributed by atoms with Gasteiger partial charge in [-0.05, 0) is 57.4 Å². The van der Waals surface area contributed by atoms with Crippen LogP contribution in [0.3, 0.4) is 0 Å². The molecule has 4 rings (SSSR count). The Morgan fingerprint density at radius 3 is 2.50 bits per heavy atom. The lowest BCUT2D eigenvalue weighted by atomic mass is 10.1. The van der Waals surface area contributed by atoms with Crippen molar-refractivity contribution in [2.75, 3.05) is 5.32 Å². The van der Waals surface area contributed by atoms with E-state index in [1.54, 1.807) is 18.2 Å². The molecule has 3 N–H and O–H groups in total. The lowest BCUT2D eigenvalue weighted by Gasteiger charge is -2.18. The van der Waals surface area contributed by atoms with Crippen LogP contribution in [0.1, 0.15) is 16.8 Å². The molecule has 0 radical (unpaired) electrons. The molecule has 30 heavy (non-hydrogen) atoms. The maximum absolute atomic E-state index is 13.0. The molecule has 3 aromatic carbocycles. The molecule has 1 heterocycles. The van der Waals surface area contributed by atoms with Crippen LogP contribution in [0.25, 0.3) is 21.7 Å². The molecular formula is C21H16Br2NO5P. The minimum atomic E-state index is -4.85. The molecule has 0 aliphatic rings. The highest BCUT2D eigenvalue weighted by Gasteiger charge is 2.40. The monoisotopic (exact) mass is 551 g/mol. The third-order valence-corrected chi connectivity index (χ3v) is 7.88. The Kier molecular flexibility index (Phi) is 5.64. The summed E-state index contributed by atoms with van der Waals surface area (Å²) in [6.45, 7) is 1.86. The zero-order valence-electron chi connectivity index (χ0n) is 15.6. The fourth-order valence-electron chi connectivity index (χ4n) is 3.37. The minimum Gasteiger partial charge on any atom is -0.463 e. The van der Waals surface area contributed by atoms with Crippen molar-refractivity contribution in [2.45, 2.75) is 12.6 Å². The van der Waals surface area contributed by atoms with Crippen molar-refractivity contribution in [3.8, 4) is 0 Å². The van der Waals surface area contributed by atoms with Crippen LogP contribution in [0.5, 0.6) is 0 Å². The van der Waals surface area contributed by atoms with Crippen molar-refractivity contribution in [3.05, 3.63) is 74.9 Å². The van der Waals surface area contributed by atoms with Crippen LogP contribution in [0.15, 0.2) is 68.2 Å². The second-order valence-corrected chi connectivity index (χ2v) is 10.2. The Hall–Kier alpha value is -1.96. The number of hydrogen-bond acceptors (Lipinski definition) is 3. The van der Waals surface area contributed by atoms with Gasteiger partial charge in [0, 0.05) is 21.1 Å². The van der Waals surface area contributed by atoms with Crippen LogP contribution in [0.4, 0.5) is 5.69 Å². The van der Waals surface area contributed by atoms with E-state index in [-0.39, 0.29) is 5.56 Å². The summed E-state index contributed by atoms with van der Waals surface area (Å²) in [7, 11) is -4.85. The van der Waals surface area contributed by atoms with Crippen molar-refractivity contribution in [2.24, 2.45) is 0 Å². The predicted octanol–water partition coefficient (Wildman–Crippen LogP) is 6.28. The van der Waals surface area contributed by atoms with Crippen LogP contribution in [-0.4, -0.2) is 15.7 Å². The topological polar surface area (TPSA) is 99.8 Å². The average Bonchev–Trinajstić information content (AvgIpc) is 3.08. The highest BCUT2D eigenvalue weighted by atomic mass is 79.9. The van der Waals surface area contributed by atoms with Gasteiger partial charge in [0.25, 0.3) is 0 Å². The molecule has 1 aromatic heterocycles. The molecule has 1 unspecified atom stereocenters. The first-order valence-corrected chi connectivity index (χ1v) is 12.1. The van der Waals surface area contributed by atoms with E-state index in [0.717, 1.165) is 20.8 Å². The van der Waals surface area contributed by atoms with Gasteiger partial charge < -0.3 is 19.5 Å². The zero-order chi connectivity index (χ0) is 21.6. The van der Waals surface area contributed by atoms with Crippen LogP contribution in [-0.2, 0) is 9.36 Å². The van der Waals surface area contributed by atoms with Crippen molar-refractivity contribution in [3.63, 3.8) is 0 Å². The number of benzene rings is 3. The summed E-state index contributed by atoms with van der Waals surface area (Å²) in [5, 5.41) is 4.98. The summed E-state index contributed by atoms with van der Waals surface area (Å²) < 4.78 is 19.3. The van der Waals surface area contributed by atoms with Crippen molar-refractivity contribution in [1.82, 2.24) is 0 Å². The van der Waals surface area contributed by atoms with Crippen LogP contribution in [0, 0.1) is 6.92 Å². The fraction of sp³-hybridized carbons (Fsp3) is 0.0952. The highest BCUT2D eigenvalue weighted by Crippen LogP contribution is 2.54. The van der Waals surface area contributed by atoms with Gasteiger partial charge in [-0.2, -0.15) is 0 Å². The summed E-state index contributed by atoms with van der Waals surface area (Å²) in [5.74, 6) is -0.811. The Morgan fingerprint density at radius 1 is 1.10 bits per heavy atom. The number of halogens is 2. The van der Waals surface area contributed by atoms with E-state index in [9.17, 15) is 19.1 Å². The number of carbonyl (C=O) groups excluding carboxylic acids is 1. The van der Waals surface area contributed by atoms with Gasteiger partial charge in [0.2, 0.25) is 5.91 Å². The number of anilines is 1. The second-order valence-electron chi connectivity index (χ2n) is 6.91. The summed E-state index contributed by atoms with van der Waals surface area (Å²) in [4.78, 5) is 33.0. The van der Waals surface area contributed by atoms with Crippen LogP contribution >= 0.6 is 39.5 Å². The van der Waals surface area contributed by atoms with Gasteiger partial charge in [0.15, 0.2) is 5.66 Å². The summed E-state index contributed by atoms with van der Waals surface area (Å²) >= 11 is 6.87. The fourth-order valence-corrected chi connectivity index (χ4v) is 5.52. The molecule has 0 aliphatic carbocycles. The first kappa shape index (κ1) is 21.3. The smallest absolute Gasteiger partial charge is 0.342 e. The van der Waals surface area contributed by atoms with Crippen molar-refractivity contribution >= 4 is 72.8 Å². The van der Waals surface area contributed by atoms with Crippen molar-refractivity contribution < 1.29 is 23.6 Å². The maximum Gasteiger partial charge on any atom is 0.342 e. The predicted molar refractivity (Wildman–Crippen MR) is 124 cm³/mol. The Labute approximate surface area is 188 Å².